The van der Waals surface area contributed by atoms with Gasteiger partial charge in [-0.05, 0) is 42.2 Å². The lowest BCUT2D eigenvalue weighted by Crippen LogP contribution is -2.10. The summed E-state index contributed by atoms with van der Waals surface area (Å²) >= 11 is 0. The van der Waals surface area contributed by atoms with Gasteiger partial charge in [0.05, 0.1) is 11.0 Å². The summed E-state index contributed by atoms with van der Waals surface area (Å²) < 4.78 is 6.23. The average Bonchev–Trinajstić information content (AvgIpc) is 2.72. The first-order chi connectivity index (χ1) is 13.9. The molecule has 0 fully saturated rings. The molecule has 1 N–H and O–H groups in total. The summed E-state index contributed by atoms with van der Waals surface area (Å²) in [5.74, 6) is 0.801. The van der Waals surface area contributed by atoms with Crippen molar-refractivity contribution in [2.75, 3.05) is 5.43 Å². The predicted octanol–water partition coefficient (Wildman–Crippen LogP) is 6.63. The fraction of sp³-hybridized carbons (Fsp3) is 0.192. The van der Waals surface area contributed by atoms with E-state index in [1.807, 2.05) is 42.5 Å². The summed E-state index contributed by atoms with van der Waals surface area (Å²) in [6, 6.07) is 26.7. The topological polar surface area (TPSA) is 37.5 Å². The SMILES string of the molecule is Cc1ccc2oc(-c3ccc(C(C)(C)C)cc3)c/c(=N\Nc3ccccc3)c2c1. The molecule has 4 rings (SSSR count). The molecule has 1 heterocycles. The summed E-state index contributed by atoms with van der Waals surface area (Å²) in [6.45, 7) is 8.73. The highest BCUT2D eigenvalue weighted by molar-refractivity contribution is 5.79. The predicted molar refractivity (Wildman–Crippen MR) is 121 cm³/mol. The number of hydrogen-bond acceptors (Lipinski definition) is 3. The van der Waals surface area contributed by atoms with Crippen molar-refractivity contribution in [1.82, 2.24) is 0 Å². The fourth-order valence-electron chi connectivity index (χ4n) is 3.29. The van der Waals surface area contributed by atoms with E-state index in [1.54, 1.807) is 0 Å². The highest BCUT2D eigenvalue weighted by Crippen LogP contribution is 2.27. The Balaban J connectivity index is 1.83. The number of fused-ring (bicyclic) bond motifs is 1. The van der Waals surface area contributed by atoms with Crippen molar-refractivity contribution in [1.29, 1.82) is 0 Å². The van der Waals surface area contributed by atoms with Crippen molar-refractivity contribution in [2.24, 2.45) is 5.10 Å². The average molecular weight is 383 g/mol. The molecule has 29 heavy (non-hydrogen) atoms. The lowest BCUT2D eigenvalue weighted by atomic mass is 9.86. The van der Waals surface area contributed by atoms with Crippen LogP contribution in [-0.2, 0) is 5.41 Å². The molecule has 3 aromatic carbocycles. The Kier molecular flexibility index (Phi) is 4.98. The maximum absolute atomic E-state index is 6.23. The Labute approximate surface area is 171 Å². The van der Waals surface area contributed by atoms with E-state index in [9.17, 15) is 0 Å². The van der Waals surface area contributed by atoms with Crippen LogP contribution in [0.25, 0.3) is 22.3 Å². The molecule has 0 aliphatic carbocycles. The van der Waals surface area contributed by atoms with Crippen LogP contribution in [0.2, 0.25) is 0 Å². The molecule has 0 radical (unpaired) electrons. The number of nitrogens with zero attached hydrogens (tertiary/aromatic N) is 1. The van der Waals surface area contributed by atoms with Gasteiger partial charge in [0.15, 0.2) is 0 Å². The molecule has 0 atom stereocenters. The van der Waals surface area contributed by atoms with Crippen molar-refractivity contribution in [3.05, 3.63) is 95.3 Å². The van der Waals surface area contributed by atoms with Gasteiger partial charge < -0.3 is 4.42 Å². The summed E-state index contributed by atoms with van der Waals surface area (Å²) in [4.78, 5) is 0. The van der Waals surface area contributed by atoms with Crippen LogP contribution in [0.5, 0.6) is 0 Å². The minimum atomic E-state index is 0.122. The van der Waals surface area contributed by atoms with Crippen LogP contribution in [0.3, 0.4) is 0 Å². The first-order valence-electron chi connectivity index (χ1n) is 9.90. The van der Waals surface area contributed by atoms with Gasteiger partial charge >= 0.3 is 0 Å². The molecule has 0 amide bonds. The van der Waals surface area contributed by atoms with E-state index in [0.29, 0.717) is 0 Å². The highest BCUT2D eigenvalue weighted by atomic mass is 16.3. The molecule has 4 aromatic rings. The Morgan fingerprint density at radius 3 is 2.24 bits per heavy atom. The van der Waals surface area contributed by atoms with Gasteiger partial charge in [-0.1, -0.05) is 74.9 Å². The molecular formula is C26H26N2O. The highest BCUT2D eigenvalue weighted by Gasteiger charge is 2.14. The van der Waals surface area contributed by atoms with E-state index >= 15 is 0 Å². The third kappa shape index (κ3) is 4.24. The number of rotatable bonds is 3. The lowest BCUT2D eigenvalue weighted by molar-refractivity contribution is 0.589. The van der Waals surface area contributed by atoms with Gasteiger partial charge in [0.1, 0.15) is 11.3 Å². The molecule has 1 aromatic heterocycles. The number of benzene rings is 3. The van der Waals surface area contributed by atoms with Crippen molar-refractivity contribution in [3.8, 4) is 11.3 Å². The number of para-hydroxylation sites is 1. The second-order valence-corrected chi connectivity index (χ2v) is 8.41. The quantitative estimate of drug-likeness (QED) is 0.404. The van der Waals surface area contributed by atoms with Crippen LogP contribution in [0.4, 0.5) is 5.69 Å². The summed E-state index contributed by atoms with van der Waals surface area (Å²) in [6.07, 6.45) is 0. The zero-order chi connectivity index (χ0) is 20.4. The van der Waals surface area contributed by atoms with Gasteiger partial charge in [-0.3, -0.25) is 5.43 Å². The van der Waals surface area contributed by atoms with Gasteiger partial charge in [-0.15, -0.1) is 0 Å². The molecule has 0 spiro atoms. The number of aryl methyl sites for hydroxylation is 1. The van der Waals surface area contributed by atoms with Crippen LogP contribution in [0.1, 0.15) is 31.9 Å². The largest absolute Gasteiger partial charge is 0.456 e. The first-order valence-corrected chi connectivity index (χ1v) is 9.90. The molecule has 0 bridgehead atoms. The normalized spacial score (nSPS) is 12.3. The van der Waals surface area contributed by atoms with Gasteiger partial charge in [0, 0.05) is 17.0 Å². The van der Waals surface area contributed by atoms with Gasteiger partial charge in [-0.2, -0.15) is 5.10 Å². The molecule has 146 valence electrons. The fourth-order valence-corrected chi connectivity index (χ4v) is 3.29. The Bertz CT molecular complexity index is 1200. The first kappa shape index (κ1) is 19.0. The molecule has 0 saturated carbocycles. The van der Waals surface area contributed by atoms with E-state index in [4.69, 9.17) is 4.42 Å². The second-order valence-electron chi connectivity index (χ2n) is 8.41. The second kappa shape index (κ2) is 7.59. The standard InChI is InChI=1S/C26H26N2O/c1-18-10-15-24-22(16-18)23(28-27-21-8-6-5-7-9-21)17-25(29-24)19-11-13-20(14-12-19)26(2,3)4/h5-17,27H,1-4H3/b28-23+. The van der Waals surface area contributed by atoms with Crippen LogP contribution in [0, 0.1) is 6.92 Å². The molecular weight excluding hydrogens is 356 g/mol. The Morgan fingerprint density at radius 1 is 0.828 bits per heavy atom. The van der Waals surface area contributed by atoms with E-state index in [2.05, 4.69) is 74.6 Å². The minimum absolute atomic E-state index is 0.122. The maximum Gasteiger partial charge on any atom is 0.136 e. The molecule has 0 aliphatic rings. The van der Waals surface area contributed by atoms with Gasteiger partial charge in [0.25, 0.3) is 0 Å². The number of hydrogen-bond donors (Lipinski definition) is 1. The third-order valence-electron chi connectivity index (χ3n) is 5.01. The zero-order valence-corrected chi connectivity index (χ0v) is 17.4. The van der Waals surface area contributed by atoms with Crippen molar-refractivity contribution < 1.29 is 4.42 Å². The summed E-state index contributed by atoms with van der Waals surface area (Å²) in [5.41, 5.74) is 8.57. The summed E-state index contributed by atoms with van der Waals surface area (Å²) in [5, 5.41) is 6.52. The van der Waals surface area contributed by atoms with E-state index in [1.165, 1.54) is 11.1 Å². The minimum Gasteiger partial charge on any atom is -0.456 e. The van der Waals surface area contributed by atoms with Crippen LogP contribution < -0.4 is 10.8 Å². The molecule has 0 aliphatic heterocycles. The molecule has 0 unspecified atom stereocenters. The molecule has 3 heteroatoms. The van der Waals surface area contributed by atoms with Crippen LogP contribution in [0.15, 0.2) is 88.4 Å². The van der Waals surface area contributed by atoms with Gasteiger partial charge in [0.2, 0.25) is 0 Å². The van der Waals surface area contributed by atoms with E-state index in [-0.39, 0.29) is 5.41 Å². The maximum atomic E-state index is 6.23. The molecule has 0 saturated heterocycles. The van der Waals surface area contributed by atoms with Crippen LogP contribution in [-0.4, -0.2) is 0 Å². The van der Waals surface area contributed by atoms with E-state index in [0.717, 1.165) is 33.3 Å². The summed E-state index contributed by atoms with van der Waals surface area (Å²) in [7, 11) is 0. The third-order valence-corrected chi connectivity index (χ3v) is 5.01. The van der Waals surface area contributed by atoms with E-state index < -0.39 is 0 Å². The smallest absolute Gasteiger partial charge is 0.136 e. The van der Waals surface area contributed by atoms with Crippen molar-refractivity contribution in [2.45, 2.75) is 33.1 Å². The number of anilines is 1. The Hall–Kier alpha value is -3.33. The van der Waals surface area contributed by atoms with Gasteiger partial charge in [-0.25, -0.2) is 0 Å². The number of nitrogens with one attached hydrogen (secondary N) is 1. The van der Waals surface area contributed by atoms with Crippen molar-refractivity contribution in [3.63, 3.8) is 0 Å². The van der Waals surface area contributed by atoms with Crippen molar-refractivity contribution >= 4 is 16.7 Å². The zero-order valence-electron chi connectivity index (χ0n) is 17.4. The lowest BCUT2D eigenvalue weighted by Gasteiger charge is -2.19. The monoisotopic (exact) mass is 382 g/mol. The molecule has 3 nitrogen and oxygen atoms in total. The Morgan fingerprint density at radius 2 is 1.55 bits per heavy atom. The van der Waals surface area contributed by atoms with Crippen LogP contribution >= 0.6 is 0 Å².